The molecule has 1 N–H and O–H groups in total. The second kappa shape index (κ2) is 8.55. The maximum atomic E-state index is 12.6. The van der Waals surface area contributed by atoms with E-state index in [-0.39, 0.29) is 25.0 Å². The number of esters is 1. The molecule has 1 aliphatic rings. The van der Waals surface area contributed by atoms with Crippen molar-refractivity contribution < 1.29 is 24.2 Å². The lowest BCUT2D eigenvalue weighted by atomic mass is 9.94. The Kier molecular flexibility index (Phi) is 6.44. The molecular formula is C19H22O5. The number of hydrogen-bond acceptors (Lipinski definition) is 5. The number of aliphatic hydroxyl groups excluding tert-OH is 1. The number of carbonyl (C=O) groups is 3. The van der Waals surface area contributed by atoms with Gasteiger partial charge in [-0.25, -0.2) is 0 Å². The van der Waals surface area contributed by atoms with Crippen molar-refractivity contribution in [3.8, 4) is 0 Å². The minimum Gasteiger partial charge on any atom is -0.449 e. The summed E-state index contributed by atoms with van der Waals surface area (Å²) >= 11 is 0. The number of rotatable bonds is 5. The third kappa shape index (κ3) is 5.13. The molecule has 0 saturated carbocycles. The van der Waals surface area contributed by atoms with E-state index in [2.05, 4.69) is 0 Å². The summed E-state index contributed by atoms with van der Waals surface area (Å²) in [6.45, 7) is 1.36. The van der Waals surface area contributed by atoms with Crippen LogP contribution in [0.3, 0.4) is 0 Å². The van der Waals surface area contributed by atoms with Gasteiger partial charge in [0.05, 0.1) is 6.10 Å². The van der Waals surface area contributed by atoms with Gasteiger partial charge in [-0.15, -0.1) is 0 Å². The van der Waals surface area contributed by atoms with Crippen molar-refractivity contribution in [1.29, 1.82) is 0 Å². The van der Waals surface area contributed by atoms with Gasteiger partial charge in [-0.2, -0.15) is 0 Å². The standard InChI is InChI=1S/C19H22O5/c1-13(20)11-15(21)12-17(22)19-16-9-6-5-8-14(16)7-3-2-4-10-18(23)24-19/h2-3,5-6,8-9,15,19,21H,4,7,10-12H2,1H3/b3-2+/t15-,19?/m1/s1. The Bertz CT molecular complexity index is 647. The van der Waals surface area contributed by atoms with Crippen molar-refractivity contribution in [2.75, 3.05) is 0 Å². The number of aliphatic hydroxyl groups is 1. The van der Waals surface area contributed by atoms with Crippen LogP contribution in [0.4, 0.5) is 0 Å². The monoisotopic (exact) mass is 330 g/mol. The first kappa shape index (κ1) is 18.1. The van der Waals surface area contributed by atoms with Gasteiger partial charge in [-0.05, 0) is 25.3 Å². The normalized spacial score (nSPS) is 20.4. The fourth-order valence-corrected chi connectivity index (χ4v) is 2.74. The van der Waals surface area contributed by atoms with Crippen LogP contribution in [0.25, 0.3) is 0 Å². The summed E-state index contributed by atoms with van der Waals surface area (Å²) in [5, 5.41) is 9.87. The van der Waals surface area contributed by atoms with Gasteiger partial charge < -0.3 is 9.84 Å². The second-order valence-electron chi connectivity index (χ2n) is 6.01. The zero-order chi connectivity index (χ0) is 17.5. The summed E-state index contributed by atoms with van der Waals surface area (Å²) in [4.78, 5) is 35.6. The largest absolute Gasteiger partial charge is 0.449 e. The van der Waals surface area contributed by atoms with Crippen LogP contribution >= 0.6 is 0 Å². The molecule has 1 aromatic rings. The molecule has 2 atom stereocenters. The maximum absolute atomic E-state index is 12.6. The number of Topliss-reactive ketones (excluding diaryl/α,β-unsaturated/α-hetero) is 2. The predicted octanol–water partition coefficient (Wildman–Crippen LogP) is 2.46. The van der Waals surface area contributed by atoms with Crippen LogP contribution in [-0.2, 0) is 25.5 Å². The molecule has 5 nitrogen and oxygen atoms in total. The van der Waals surface area contributed by atoms with Gasteiger partial charge in [-0.1, -0.05) is 36.4 Å². The Labute approximate surface area is 141 Å². The Morgan fingerprint density at radius 2 is 2.00 bits per heavy atom. The molecule has 24 heavy (non-hydrogen) atoms. The second-order valence-corrected chi connectivity index (χ2v) is 6.01. The molecule has 1 unspecified atom stereocenters. The quantitative estimate of drug-likeness (QED) is 0.662. The first-order valence-corrected chi connectivity index (χ1v) is 8.10. The van der Waals surface area contributed by atoms with Gasteiger partial charge in [0.15, 0.2) is 11.9 Å². The molecule has 0 aliphatic carbocycles. The summed E-state index contributed by atoms with van der Waals surface area (Å²) in [6.07, 6.45) is 2.91. The molecule has 128 valence electrons. The molecule has 2 rings (SSSR count). The minimum atomic E-state index is -1.06. The molecular weight excluding hydrogens is 308 g/mol. The van der Waals surface area contributed by atoms with E-state index in [0.29, 0.717) is 18.4 Å². The Morgan fingerprint density at radius 3 is 2.75 bits per heavy atom. The number of fused-ring (bicyclic) bond motifs is 1. The van der Waals surface area contributed by atoms with E-state index in [1.54, 1.807) is 12.1 Å². The highest BCUT2D eigenvalue weighted by molar-refractivity contribution is 5.88. The van der Waals surface area contributed by atoms with Gasteiger partial charge in [0.25, 0.3) is 0 Å². The zero-order valence-electron chi connectivity index (χ0n) is 13.7. The molecule has 0 aromatic heterocycles. The summed E-state index contributed by atoms with van der Waals surface area (Å²) in [7, 11) is 0. The zero-order valence-corrected chi connectivity index (χ0v) is 13.7. The van der Waals surface area contributed by atoms with E-state index >= 15 is 0 Å². The third-order valence-electron chi connectivity index (χ3n) is 3.86. The molecule has 1 aliphatic heterocycles. The number of ether oxygens (including phenoxy) is 1. The van der Waals surface area contributed by atoms with Crippen LogP contribution in [0.15, 0.2) is 36.4 Å². The lowest BCUT2D eigenvalue weighted by Gasteiger charge is -2.21. The number of allylic oxidation sites excluding steroid dienone is 2. The van der Waals surface area contributed by atoms with E-state index in [9.17, 15) is 19.5 Å². The third-order valence-corrected chi connectivity index (χ3v) is 3.86. The molecule has 1 aromatic carbocycles. The van der Waals surface area contributed by atoms with Crippen LogP contribution in [0.2, 0.25) is 0 Å². The van der Waals surface area contributed by atoms with Gasteiger partial charge in [-0.3, -0.25) is 14.4 Å². The topological polar surface area (TPSA) is 80.7 Å². The highest BCUT2D eigenvalue weighted by atomic mass is 16.5. The highest BCUT2D eigenvalue weighted by Crippen LogP contribution is 2.27. The predicted molar refractivity (Wildman–Crippen MR) is 88.3 cm³/mol. The summed E-state index contributed by atoms with van der Waals surface area (Å²) < 4.78 is 5.40. The summed E-state index contributed by atoms with van der Waals surface area (Å²) in [5.74, 6) is -1.03. The highest BCUT2D eigenvalue weighted by Gasteiger charge is 2.28. The molecule has 0 saturated heterocycles. The van der Waals surface area contributed by atoms with Crippen molar-refractivity contribution in [2.24, 2.45) is 0 Å². The van der Waals surface area contributed by atoms with Crippen molar-refractivity contribution in [2.45, 2.75) is 51.2 Å². The van der Waals surface area contributed by atoms with E-state index in [1.807, 2.05) is 24.3 Å². The van der Waals surface area contributed by atoms with E-state index in [0.717, 1.165) is 5.56 Å². The molecule has 0 bridgehead atoms. The first-order chi connectivity index (χ1) is 11.5. The average molecular weight is 330 g/mol. The smallest absolute Gasteiger partial charge is 0.307 e. The number of ketones is 2. The summed E-state index contributed by atoms with van der Waals surface area (Å²) in [5.41, 5.74) is 1.54. The molecule has 5 heteroatoms. The van der Waals surface area contributed by atoms with Crippen molar-refractivity contribution in [1.82, 2.24) is 0 Å². The lowest BCUT2D eigenvalue weighted by Crippen LogP contribution is -2.25. The van der Waals surface area contributed by atoms with Gasteiger partial charge in [0.2, 0.25) is 0 Å². The van der Waals surface area contributed by atoms with Gasteiger partial charge in [0, 0.05) is 24.8 Å². The fraction of sp³-hybridized carbons (Fsp3) is 0.421. The van der Waals surface area contributed by atoms with Crippen LogP contribution in [0.1, 0.15) is 49.8 Å². The molecule has 1 heterocycles. The molecule has 0 amide bonds. The Balaban J connectivity index is 2.27. The van der Waals surface area contributed by atoms with E-state index < -0.39 is 24.0 Å². The fourth-order valence-electron chi connectivity index (χ4n) is 2.74. The van der Waals surface area contributed by atoms with Crippen LogP contribution < -0.4 is 0 Å². The Hall–Kier alpha value is -2.27. The van der Waals surface area contributed by atoms with Gasteiger partial charge >= 0.3 is 5.97 Å². The van der Waals surface area contributed by atoms with Crippen LogP contribution in [0, 0.1) is 0 Å². The number of cyclic esters (lactones) is 1. The number of carbonyl (C=O) groups excluding carboxylic acids is 3. The molecule has 0 spiro atoms. The van der Waals surface area contributed by atoms with Crippen molar-refractivity contribution in [3.05, 3.63) is 47.5 Å². The van der Waals surface area contributed by atoms with Crippen molar-refractivity contribution in [3.63, 3.8) is 0 Å². The van der Waals surface area contributed by atoms with Crippen LogP contribution in [-0.4, -0.2) is 28.7 Å². The van der Waals surface area contributed by atoms with E-state index in [4.69, 9.17) is 4.74 Å². The lowest BCUT2D eigenvalue weighted by molar-refractivity contribution is -0.156. The molecule has 0 fully saturated rings. The van der Waals surface area contributed by atoms with Crippen molar-refractivity contribution >= 4 is 17.5 Å². The first-order valence-electron chi connectivity index (χ1n) is 8.10. The number of benzene rings is 1. The van der Waals surface area contributed by atoms with Gasteiger partial charge in [0.1, 0.15) is 5.78 Å². The minimum absolute atomic E-state index is 0.0865. The average Bonchev–Trinajstić information content (AvgIpc) is 2.52. The Morgan fingerprint density at radius 1 is 1.25 bits per heavy atom. The maximum Gasteiger partial charge on any atom is 0.307 e. The number of hydrogen-bond donors (Lipinski definition) is 1. The SMILES string of the molecule is CC(=O)C[C@@H](O)CC(=O)C1OC(=O)CC/C=C/Cc2ccccc21. The molecule has 0 radical (unpaired) electrons. The van der Waals surface area contributed by atoms with E-state index in [1.165, 1.54) is 6.92 Å². The van der Waals surface area contributed by atoms with Crippen LogP contribution in [0.5, 0.6) is 0 Å². The summed E-state index contributed by atoms with van der Waals surface area (Å²) in [6, 6.07) is 7.31.